The second kappa shape index (κ2) is 6.47. The summed E-state index contributed by atoms with van der Waals surface area (Å²) in [7, 11) is 1.36. The van der Waals surface area contributed by atoms with Gasteiger partial charge >= 0.3 is 5.97 Å². The Balaban J connectivity index is 2.31. The summed E-state index contributed by atoms with van der Waals surface area (Å²) >= 11 is 3.31. The molecule has 1 N–H and O–H groups in total. The standard InChI is InChI=1S/C14H14BrN3O2/c1-9-16-11(15)8-12(17-9)18-13(14(19)20-2)10-6-4-3-5-7-10/h3-8,13H,1-2H3,(H,16,17,18). The number of ether oxygens (including phenoxy) is 1. The average Bonchev–Trinajstić information content (AvgIpc) is 2.44. The van der Waals surface area contributed by atoms with Crippen molar-refractivity contribution in [1.82, 2.24) is 9.97 Å². The quantitative estimate of drug-likeness (QED) is 0.687. The molecular formula is C14H14BrN3O2. The fraction of sp³-hybridized carbons (Fsp3) is 0.214. The van der Waals surface area contributed by atoms with Crippen LogP contribution in [0.5, 0.6) is 0 Å². The first kappa shape index (κ1) is 14.5. The first-order chi connectivity index (χ1) is 9.60. The molecule has 0 saturated heterocycles. The normalized spacial score (nSPS) is 11.8. The van der Waals surface area contributed by atoms with Gasteiger partial charge in [-0.3, -0.25) is 0 Å². The number of carbonyl (C=O) groups is 1. The largest absolute Gasteiger partial charge is 0.467 e. The zero-order chi connectivity index (χ0) is 14.5. The van der Waals surface area contributed by atoms with Crippen LogP contribution in [0.3, 0.4) is 0 Å². The third-order valence-electron chi connectivity index (χ3n) is 2.67. The van der Waals surface area contributed by atoms with Gasteiger partial charge in [0, 0.05) is 6.07 Å². The minimum Gasteiger partial charge on any atom is -0.467 e. The van der Waals surface area contributed by atoms with E-state index >= 15 is 0 Å². The first-order valence-electron chi connectivity index (χ1n) is 6.00. The zero-order valence-electron chi connectivity index (χ0n) is 11.1. The lowest BCUT2D eigenvalue weighted by Gasteiger charge is -2.17. The van der Waals surface area contributed by atoms with Crippen molar-refractivity contribution in [2.75, 3.05) is 12.4 Å². The second-order valence-corrected chi connectivity index (χ2v) is 4.95. The molecule has 20 heavy (non-hydrogen) atoms. The van der Waals surface area contributed by atoms with Crippen molar-refractivity contribution in [2.24, 2.45) is 0 Å². The van der Waals surface area contributed by atoms with E-state index in [0.29, 0.717) is 16.2 Å². The van der Waals surface area contributed by atoms with Crippen LogP contribution in [0.2, 0.25) is 0 Å². The summed E-state index contributed by atoms with van der Waals surface area (Å²) in [6, 6.07) is 10.5. The average molecular weight is 336 g/mol. The molecule has 2 rings (SSSR count). The highest BCUT2D eigenvalue weighted by molar-refractivity contribution is 9.10. The Morgan fingerprint density at radius 3 is 2.60 bits per heavy atom. The van der Waals surface area contributed by atoms with Crippen LogP contribution in [0.15, 0.2) is 41.0 Å². The summed E-state index contributed by atoms with van der Waals surface area (Å²) in [5.41, 5.74) is 0.812. The van der Waals surface area contributed by atoms with E-state index < -0.39 is 6.04 Å². The van der Waals surface area contributed by atoms with Crippen LogP contribution in [0.25, 0.3) is 0 Å². The van der Waals surface area contributed by atoms with Gasteiger partial charge in [0.25, 0.3) is 0 Å². The van der Waals surface area contributed by atoms with Crippen LogP contribution in [0.1, 0.15) is 17.4 Å². The highest BCUT2D eigenvalue weighted by atomic mass is 79.9. The summed E-state index contributed by atoms with van der Waals surface area (Å²) < 4.78 is 5.50. The Hall–Kier alpha value is -1.95. The van der Waals surface area contributed by atoms with E-state index in [2.05, 4.69) is 31.2 Å². The minimum atomic E-state index is -0.609. The van der Waals surface area contributed by atoms with Gasteiger partial charge in [-0.1, -0.05) is 30.3 Å². The molecule has 1 atom stereocenters. The molecule has 2 aromatic rings. The SMILES string of the molecule is COC(=O)C(Nc1cc(Br)nc(C)n1)c1ccccc1. The van der Waals surface area contributed by atoms with Gasteiger partial charge < -0.3 is 10.1 Å². The number of methoxy groups -OCH3 is 1. The van der Waals surface area contributed by atoms with Crippen LogP contribution in [-0.2, 0) is 9.53 Å². The van der Waals surface area contributed by atoms with E-state index in [0.717, 1.165) is 5.56 Å². The Morgan fingerprint density at radius 1 is 1.30 bits per heavy atom. The Kier molecular flexibility index (Phi) is 4.68. The number of aryl methyl sites for hydroxylation is 1. The lowest BCUT2D eigenvalue weighted by molar-refractivity contribution is -0.141. The molecule has 5 nitrogen and oxygen atoms in total. The Labute approximate surface area is 125 Å². The number of carbonyl (C=O) groups excluding carboxylic acids is 1. The molecule has 0 aliphatic heterocycles. The molecule has 104 valence electrons. The number of hydrogen-bond donors (Lipinski definition) is 1. The van der Waals surface area contributed by atoms with E-state index in [-0.39, 0.29) is 5.97 Å². The predicted molar refractivity (Wildman–Crippen MR) is 79.3 cm³/mol. The van der Waals surface area contributed by atoms with Crippen molar-refractivity contribution in [3.8, 4) is 0 Å². The molecule has 0 amide bonds. The van der Waals surface area contributed by atoms with Crippen molar-refractivity contribution in [3.05, 3.63) is 52.4 Å². The lowest BCUT2D eigenvalue weighted by atomic mass is 10.1. The van der Waals surface area contributed by atoms with Crippen molar-refractivity contribution in [1.29, 1.82) is 0 Å². The summed E-state index contributed by atoms with van der Waals surface area (Å²) in [6.07, 6.45) is 0. The number of aromatic nitrogens is 2. The van der Waals surface area contributed by atoms with Crippen LogP contribution in [0, 0.1) is 6.92 Å². The maximum absolute atomic E-state index is 11.9. The zero-order valence-corrected chi connectivity index (χ0v) is 12.7. The number of halogens is 1. The van der Waals surface area contributed by atoms with Gasteiger partial charge in [0.05, 0.1) is 7.11 Å². The van der Waals surface area contributed by atoms with Gasteiger partial charge in [-0.05, 0) is 28.4 Å². The minimum absolute atomic E-state index is 0.372. The second-order valence-electron chi connectivity index (χ2n) is 4.13. The number of nitrogens with one attached hydrogen (secondary N) is 1. The molecule has 0 fully saturated rings. The van der Waals surface area contributed by atoms with E-state index in [9.17, 15) is 4.79 Å². The number of anilines is 1. The molecule has 1 unspecified atom stereocenters. The molecular weight excluding hydrogens is 322 g/mol. The summed E-state index contributed by atoms with van der Waals surface area (Å²) in [6.45, 7) is 1.78. The summed E-state index contributed by atoms with van der Waals surface area (Å²) in [5.74, 6) is 0.797. The molecule has 1 aromatic carbocycles. The van der Waals surface area contributed by atoms with Gasteiger partial charge in [0.1, 0.15) is 16.2 Å². The fourth-order valence-corrected chi connectivity index (χ4v) is 2.27. The molecule has 0 saturated carbocycles. The topological polar surface area (TPSA) is 64.1 Å². The third kappa shape index (κ3) is 3.54. The van der Waals surface area contributed by atoms with Gasteiger partial charge in [0.2, 0.25) is 0 Å². The highest BCUT2D eigenvalue weighted by Gasteiger charge is 2.21. The van der Waals surface area contributed by atoms with Gasteiger partial charge in [0.15, 0.2) is 6.04 Å². The van der Waals surface area contributed by atoms with E-state index in [1.165, 1.54) is 7.11 Å². The number of hydrogen-bond acceptors (Lipinski definition) is 5. The van der Waals surface area contributed by atoms with Crippen molar-refractivity contribution in [3.63, 3.8) is 0 Å². The number of nitrogens with zero attached hydrogens (tertiary/aromatic N) is 2. The monoisotopic (exact) mass is 335 g/mol. The summed E-state index contributed by atoms with van der Waals surface area (Å²) in [5, 5.41) is 3.07. The molecule has 1 aromatic heterocycles. The molecule has 0 bridgehead atoms. The van der Waals surface area contributed by atoms with E-state index in [4.69, 9.17) is 4.74 Å². The predicted octanol–water partition coefficient (Wildman–Crippen LogP) is 2.87. The summed E-state index contributed by atoms with van der Waals surface area (Å²) in [4.78, 5) is 20.3. The Morgan fingerprint density at radius 2 is 2.00 bits per heavy atom. The van der Waals surface area contributed by atoms with Crippen LogP contribution < -0.4 is 5.32 Å². The molecule has 0 radical (unpaired) electrons. The van der Waals surface area contributed by atoms with Crippen molar-refractivity contribution in [2.45, 2.75) is 13.0 Å². The maximum Gasteiger partial charge on any atom is 0.333 e. The number of esters is 1. The van der Waals surface area contributed by atoms with Crippen LogP contribution in [0.4, 0.5) is 5.82 Å². The highest BCUT2D eigenvalue weighted by Crippen LogP contribution is 2.21. The maximum atomic E-state index is 11.9. The molecule has 0 spiro atoms. The first-order valence-corrected chi connectivity index (χ1v) is 6.80. The van der Waals surface area contributed by atoms with Gasteiger partial charge in [-0.2, -0.15) is 0 Å². The third-order valence-corrected chi connectivity index (χ3v) is 3.07. The molecule has 0 aliphatic carbocycles. The van der Waals surface area contributed by atoms with Gasteiger partial charge in [-0.25, -0.2) is 14.8 Å². The van der Waals surface area contributed by atoms with E-state index in [1.807, 2.05) is 30.3 Å². The van der Waals surface area contributed by atoms with Crippen molar-refractivity contribution >= 4 is 27.7 Å². The van der Waals surface area contributed by atoms with Crippen molar-refractivity contribution < 1.29 is 9.53 Å². The molecule has 1 heterocycles. The smallest absolute Gasteiger partial charge is 0.333 e. The van der Waals surface area contributed by atoms with Crippen LogP contribution in [-0.4, -0.2) is 23.0 Å². The Bertz CT molecular complexity index is 584. The molecule has 6 heteroatoms. The van der Waals surface area contributed by atoms with Crippen LogP contribution >= 0.6 is 15.9 Å². The van der Waals surface area contributed by atoms with E-state index in [1.54, 1.807) is 13.0 Å². The fourth-order valence-electron chi connectivity index (χ4n) is 1.79. The lowest BCUT2D eigenvalue weighted by Crippen LogP contribution is -2.23. The molecule has 0 aliphatic rings. The number of benzene rings is 1. The number of rotatable bonds is 4. The van der Waals surface area contributed by atoms with Gasteiger partial charge in [-0.15, -0.1) is 0 Å².